The van der Waals surface area contributed by atoms with E-state index in [1.807, 2.05) is 13.8 Å². The Kier molecular flexibility index (Phi) is 2.42. The van der Waals surface area contributed by atoms with E-state index in [4.69, 9.17) is 4.74 Å². The van der Waals surface area contributed by atoms with E-state index in [0.29, 0.717) is 11.8 Å². The molecule has 1 aliphatic heterocycles. The van der Waals surface area contributed by atoms with Crippen LogP contribution in [0.1, 0.15) is 33.1 Å². The minimum Gasteiger partial charge on any atom is -0.462 e. The summed E-state index contributed by atoms with van der Waals surface area (Å²) in [5.74, 6) is 0.340. The lowest BCUT2D eigenvalue weighted by atomic mass is 9.79. The molecule has 1 N–H and O–H groups in total. The third kappa shape index (κ3) is 1.49. The lowest BCUT2D eigenvalue weighted by Gasteiger charge is -2.25. The van der Waals surface area contributed by atoms with Gasteiger partial charge in [-0.05, 0) is 32.1 Å². The SMILES string of the molecule is CC[C@@H](C)NC(=O)[C@H]1[C@@H]2C[C@@H]3[C@@H]1C(=O)O[C@@H]3C2. The minimum atomic E-state index is -0.150. The van der Waals surface area contributed by atoms with Gasteiger partial charge in [0.05, 0.1) is 11.8 Å². The van der Waals surface area contributed by atoms with Gasteiger partial charge in [0.25, 0.3) is 0 Å². The molecule has 1 heterocycles. The number of fused-ring (bicyclic) bond motifs is 1. The van der Waals surface area contributed by atoms with Crippen LogP contribution in [0.2, 0.25) is 0 Å². The highest BCUT2D eigenvalue weighted by Gasteiger charge is 2.63. The van der Waals surface area contributed by atoms with Gasteiger partial charge in [0.15, 0.2) is 0 Å². The number of ether oxygens (including phenoxy) is 1. The molecule has 1 saturated heterocycles. The van der Waals surface area contributed by atoms with Crippen molar-refractivity contribution in [3.05, 3.63) is 0 Å². The van der Waals surface area contributed by atoms with E-state index in [1.54, 1.807) is 0 Å². The second kappa shape index (κ2) is 3.72. The van der Waals surface area contributed by atoms with Crippen LogP contribution in [0.5, 0.6) is 0 Å². The van der Waals surface area contributed by atoms with Gasteiger partial charge < -0.3 is 10.1 Å². The number of hydrogen-bond donors (Lipinski definition) is 1. The van der Waals surface area contributed by atoms with Crippen LogP contribution in [-0.2, 0) is 14.3 Å². The number of carbonyl (C=O) groups excluding carboxylic acids is 2. The summed E-state index contributed by atoms with van der Waals surface area (Å²) in [6, 6.07) is 0.190. The maximum atomic E-state index is 12.2. The van der Waals surface area contributed by atoms with E-state index in [2.05, 4.69) is 5.32 Å². The Labute approximate surface area is 101 Å². The Balaban J connectivity index is 1.76. The Bertz CT molecular complexity index is 366. The average Bonchev–Trinajstić information content (AvgIpc) is 2.88. The fourth-order valence-electron chi connectivity index (χ4n) is 3.80. The van der Waals surface area contributed by atoms with Crippen LogP contribution in [0.25, 0.3) is 0 Å². The van der Waals surface area contributed by atoms with Gasteiger partial charge in [-0.1, -0.05) is 6.92 Å². The molecular weight excluding hydrogens is 218 g/mol. The third-order valence-electron chi connectivity index (χ3n) is 4.79. The minimum absolute atomic E-state index is 0.0640. The summed E-state index contributed by atoms with van der Waals surface area (Å²) in [5, 5.41) is 3.01. The molecule has 0 aromatic rings. The highest BCUT2D eigenvalue weighted by atomic mass is 16.6. The van der Waals surface area contributed by atoms with Crippen LogP contribution >= 0.6 is 0 Å². The highest BCUT2D eigenvalue weighted by molar-refractivity contribution is 5.88. The molecule has 0 aromatic carbocycles. The van der Waals surface area contributed by atoms with Gasteiger partial charge in [0.2, 0.25) is 5.91 Å². The molecule has 6 atom stereocenters. The third-order valence-corrected chi connectivity index (χ3v) is 4.79. The van der Waals surface area contributed by atoms with E-state index in [1.165, 1.54) is 0 Å². The Morgan fingerprint density at radius 2 is 2.29 bits per heavy atom. The van der Waals surface area contributed by atoms with Crippen molar-refractivity contribution >= 4 is 11.9 Å². The molecule has 0 spiro atoms. The van der Waals surface area contributed by atoms with Gasteiger partial charge in [-0.15, -0.1) is 0 Å². The molecule has 3 fully saturated rings. The topological polar surface area (TPSA) is 55.4 Å². The Morgan fingerprint density at radius 3 is 3.00 bits per heavy atom. The standard InChI is InChI=1S/C13H19NO3/c1-3-6(2)14-12(15)10-7-4-8-9(5-7)17-13(16)11(8)10/h6-11H,3-5H2,1-2H3,(H,14,15)/t6-,7-,8+,9-,10+,11+/m1/s1. The maximum absolute atomic E-state index is 12.2. The first kappa shape index (κ1) is 11.1. The number of amides is 1. The molecule has 3 aliphatic rings. The number of rotatable bonds is 3. The fourth-order valence-corrected chi connectivity index (χ4v) is 3.80. The molecule has 2 saturated carbocycles. The van der Waals surface area contributed by atoms with Crippen molar-refractivity contribution in [1.82, 2.24) is 5.32 Å². The van der Waals surface area contributed by atoms with Gasteiger partial charge in [-0.3, -0.25) is 9.59 Å². The summed E-state index contributed by atoms with van der Waals surface area (Å²) < 4.78 is 5.33. The van der Waals surface area contributed by atoms with Gasteiger partial charge in [-0.25, -0.2) is 0 Å². The zero-order valence-corrected chi connectivity index (χ0v) is 10.3. The first-order chi connectivity index (χ1) is 8.11. The van der Waals surface area contributed by atoms with Crippen LogP contribution in [0.15, 0.2) is 0 Å². The molecule has 0 unspecified atom stereocenters. The molecule has 2 aliphatic carbocycles. The number of esters is 1. The van der Waals surface area contributed by atoms with Crippen molar-refractivity contribution in [2.75, 3.05) is 0 Å². The number of carbonyl (C=O) groups is 2. The van der Waals surface area contributed by atoms with Gasteiger partial charge in [0, 0.05) is 12.0 Å². The zero-order chi connectivity index (χ0) is 12.2. The van der Waals surface area contributed by atoms with Crippen molar-refractivity contribution in [3.8, 4) is 0 Å². The normalized spacial score (nSPS) is 43.6. The summed E-state index contributed by atoms with van der Waals surface area (Å²) in [4.78, 5) is 24.0. The summed E-state index contributed by atoms with van der Waals surface area (Å²) in [6.45, 7) is 4.05. The Morgan fingerprint density at radius 1 is 1.53 bits per heavy atom. The van der Waals surface area contributed by atoms with E-state index in [0.717, 1.165) is 19.3 Å². The smallest absolute Gasteiger partial charge is 0.310 e. The van der Waals surface area contributed by atoms with Crippen molar-refractivity contribution in [1.29, 1.82) is 0 Å². The second-order valence-corrected chi connectivity index (χ2v) is 5.74. The predicted octanol–water partition coefficient (Wildman–Crippen LogP) is 1.10. The highest BCUT2D eigenvalue weighted by Crippen LogP contribution is 2.57. The summed E-state index contributed by atoms with van der Waals surface area (Å²) in [6.07, 6.45) is 2.93. The second-order valence-electron chi connectivity index (χ2n) is 5.74. The van der Waals surface area contributed by atoms with Crippen LogP contribution < -0.4 is 5.32 Å². The van der Waals surface area contributed by atoms with Crippen LogP contribution in [0.4, 0.5) is 0 Å². The van der Waals surface area contributed by atoms with Crippen molar-refractivity contribution in [3.63, 3.8) is 0 Å². The molecule has 2 bridgehead atoms. The molecule has 0 aromatic heterocycles. The molecule has 1 amide bonds. The van der Waals surface area contributed by atoms with E-state index in [9.17, 15) is 9.59 Å². The van der Waals surface area contributed by atoms with E-state index < -0.39 is 0 Å². The zero-order valence-electron chi connectivity index (χ0n) is 10.3. The lowest BCUT2D eigenvalue weighted by molar-refractivity contribution is -0.146. The first-order valence-electron chi connectivity index (χ1n) is 6.62. The van der Waals surface area contributed by atoms with Crippen LogP contribution in [0.3, 0.4) is 0 Å². The molecule has 3 rings (SSSR count). The molecule has 17 heavy (non-hydrogen) atoms. The monoisotopic (exact) mass is 237 g/mol. The molecular formula is C13H19NO3. The first-order valence-corrected chi connectivity index (χ1v) is 6.62. The summed E-state index contributed by atoms with van der Waals surface area (Å²) in [7, 11) is 0. The van der Waals surface area contributed by atoms with Crippen molar-refractivity contribution in [2.24, 2.45) is 23.7 Å². The summed E-state index contributed by atoms with van der Waals surface area (Å²) >= 11 is 0. The summed E-state index contributed by atoms with van der Waals surface area (Å²) in [5.41, 5.74) is 0. The van der Waals surface area contributed by atoms with Crippen LogP contribution in [0, 0.1) is 23.7 Å². The average molecular weight is 237 g/mol. The lowest BCUT2D eigenvalue weighted by Crippen LogP contribution is -2.43. The molecule has 4 nitrogen and oxygen atoms in total. The number of nitrogens with one attached hydrogen (secondary N) is 1. The molecule has 0 radical (unpaired) electrons. The number of hydrogen-bond acceptors (Lipinski definition) is 3. The van der Waals surface area contributed by atoms with Crippen molar-refractivity contribution in [2.45, 2.75) is 45.3 Å². The quantitative estimate of drug-likeness (QED) is 0.748. The molecule has 94 valence electrons. The fraction of sp³-hybridized carbons (Fsp3) is 0.846. The van der Waals surface area contributed by atoms with Crippen LogP contribution in [-0.4, -0.2) is 24.0 Å². The molecule has 4 heteroatoms. The van der Waals surface area contributed by atoms with E-state index >= 15 is 0 Å². The van der Waals surface area contributed by atoms with E-state index in [-0.39, 0.29) is 35.9 Å². The largest absolute Gasteiger partial charge is 0.462 e. The van der Waals surface area contributed by atoms with Gasteiger partial charge >= 0.3 is 5.97 Å². The van der Waals surface area contributed by atoms with Gasteiger partial charge in [-0.2, -0.15) is 0 Å². The van der Waals surface area contributed by atoms with Gasteiger partial charge in [0.1, 0.15) is 6.10 Å². The predicted molar refractivity (Wildman–Crippen MR) is 61.0 cm³/mol. The van der Waals surface area contributed by atoms with Crippen molar-refractivity contribution < 1.29 is 14.3 Å². The Hall–Kier alpha value is -1.06. The maximum Gasteiger partial charge on any atom is 0.310 e.